The molecule has 78 valence electrons. The molecule has 0 spiro atoms. The normalized spacial score (nSPS) is 10.8. The summed E-state index contributed by atoms with van der Waals surface area (Å²) in [4.78, 5) is 4.31. The van der Waals surface area contributed by atoms with Crippen molar-refractivity contribution in [1.29, 1.82) is 0 Å². The number of nitrogen functional groups attached to an aromatic ring is 1. The highest BCUT2D eigenvalue weighted by molar-refractivity contribution is 7.16. The second-order valence-corrected chi connectivity index (χ2v) is 4.55. The summed E-state index contributed by atoms with van der Waals surface area (Å²) < 4.78 is 1.22. The van der Waals surface area contributed by atoms with Gasteiger partial charge >= 0.3 is 0 Å². The van der Waals surface area contributed by atoms with Crippen molar-refractivity contribution in [2.24, 2.45) is 0 Å². The van der Waals surface area contributed by atoms with Crippen LogP contribution in [0.1, 0.15) is 0 Å². The van der Waals surface area contributed by atoms with Crippen molar-refractivity contribution >= 4 is 27.2 Å². The molecule has 0 unspecified atom stereocenters. The van der Waals surface area contributed by atoms with E-state index in [2.05, 4.69) is 29.2 Å². The summed E-state index contributed by atoms with van der Waals surface area (Å²) in [6.07, 6.45) is 0. The lowest BCUT2D eigenvalue weighted by atomic mass is 10.1. The molecule has 0 aliphatic heterocycles. The van der Waals surface area contributed by atoms with E-state index in [-0.39, 0.29) is 0 Å². The minimum atomic E-state index is 0.788. The topological polar surface area (TPSA) is 38.9 Å². The fraction of sp³-hybridized carbons (Fsp3) is 0. The number of nitrogens with zero attached hydrogens (tertiary/aromatic N) is 1. The first-order chi connectivity index (χ1) is 7.83. The fourth-order valence-corrected chi connectivity index (χ4v) is 2.41. The van der Waals surface area contributed by atoms with E-state index >= 15 is 0 Å². The molecule has 3 aromatic rings. The first kappa shape index (κ1) is 9.36. The first-order valence-electron chi connectivity index (χ1n) is 5.02. The molecule has 0 atom stereocenters. The minimum Gasteiger partial charge on any atom is -0.399 e. The van der Waals surface area contributed by atoms with E-state index in [0.29, 0.717) is 0 Å². The van der Waals surface area contributed by atoms with Crippen molar-refractivity contribution in [2.75, 3.05) is 5.73 Å². The van der Waals surface area contributed by atoms with Crippen LogP contribution in [0.15, 0.2) is 48.0 Å². The third-order valence-electron chi connectivity index (χ3n) is 2.55. The lowest BCUT2D eigenvalue weighted by molar-refractivity contribution is 1.50. The highest BCUT2D eigenvalue weighted by Crippen LogP contribution is 2.26. The van der Waals surface area contributed by atoms with Crippen LogP contribution in [0.5, 0.6) is 0 Å². The number of hydrogen-bond donors (Lipinski definition) is 1. The van der Waals surface area contributed by atoms with Crippen LogP contribution in [-0.2, 0) is 0 Å². The van der Waals surface area contributed by atoms with Gasteiger partial charge in [0.2, 0.25) is 0 Å². The number of anilines is 1. The molecule has 3 heteroatoms. The zero-order chi connectivity index (χ0) is 11.0. The number of thiazole rings is 1. The van der Waals surface area contributed by atoms with Gasteiger partial charge in [-0.1, -0.05) is 18.2 Å². The Hall–Kier alpha value is -1.87. The summed E-state index contributed by atoms with van der Waals surface area (Å²) in [5.41, 5.74) is 11.8. The van der Waals surface area contributed by atoms with E-state index in [1.807, 2.05) is 23.7 Å². The van der Waals surface area contributed by atoms with Gasteiger partial charge in [-0.15, -0.1) is 11.3 Å². The lowest BCUT2D eigenvalue weighted by Crippen LogP contribution is -1.84. The fourth-order valence-electron chi connectivity index (χ4n) is 1.76. The molecule has 2 nitrogen and oxygen atoms in total. The molecule has 2 aromatic carbocycles. The molecule has 16 heavy (non-hydrogen) atoms. The van der Waals surface area contributed by atoms with E-state index in [1.54, 1.807) is 11.3 Å². The van der Waals surface area contributed by atoms with E-state index < -0.39 is 0 Å². The van der Waals surface area contributed by atoms with Crippen molar-refractivity contribution in [3.8, 4) is 11.1 Å². The summed E-state index contributed by atoms with van der Waals surface area (Å²) in [5.74, 6) is 0. The van der Waals surface area contributed by atoms with Crippen molar-refractivity contribution < 1.29 is 0 Å². The molecule has 0 radical (unpaired) electrons. The summed E-state index contributed by atoms with van der Waals surface area (Å²) in [5, 5.41) is 0. The number of rotatable bonds is 1. The summed E-state index contributed by atoms with van der Waals surface area (Å²) >= 11 is 1.66. The summed E-state index contributed by atoms with van der Waals surface area (Å²) in [6.45, 7) is 0. The van der Waals surface area contributed by atoms with Gasteiger partial charge in [0.05, 0.1) is 15.7 Å². The molecular weight excluding hydrogens is 216 g/mol. The van der Waals surface area contributed by atoms with Crippen LogP contribution in [0.25, 0.3) is 21.3 Å². The molecular formula is C13H10N2S. The van der Waals surface area contributed by atoms with Gasteiger partial charge in [-0.25, -0.2) is 4.98 Å². The van der Waals surface area contributed by atoms with Crippen molar-refractivity contribution in [3.63, 3.8) is 0 Å². The van der Waals surface area contributed by atoms with Crippen LogP contribution < -0.4 is 5.73 Å². The van der Waals surface area contributed by atoms with Gasteiger partial charge in [-0.2, -0.15) is 0 Å². The van der Waals surface area contributed by atoms with Crippen LogP contribution >= 0.6 is 11.3 Å². The van der Waals surface area contributed by atoms with Crippen LogP contribution in [0.3, 0.4) is 0 Å². The van der Waals surface area contributed by atoms with Gasteiger partial charge in [0.25, 0.3) is 0 Å². The van der Waals surface area contributed by atoms with Crippen LogP contribution in [0.2, 0.25) is 0 Å². The highest BCUT2D eigenvalue weighted by Gasteiger charge is 2.01. The summed E-state index contributed by atoms with van der Waals surface area (Å²) in [6, 6.07) is 14.2. The van der Waals surface area contributed by atoms with Gasteiger partial charge in [-0.05, 0) is 35.4 Å². The Morgan fingerprint density at radius 1 is 1.00 bits per heavy atom. The van der Waals surface area contributed by atoms with E-state index in [4.69, 9.17) is 5.73 Å². The average molecular weight is 226 g/mol. The smallest absolute Gasteiger partial charge is 0.0818 e. The number of hydrogen-bond acceptors (Lipinski definition) is 3. The van der Waals surface area contributed by atoms with E-state index in [0.717, 1.165) is 22.3 Å². The van der Waals surface area contributed by atoms with E-state index in [1.165, 1.54) is 4.70 Å². The predicted octanol–water partition coefficient (Wildman–Crippen LogP) is 3.55. The Bertz CT molecular complexity index is 643. The second kappa shape index (κ2) is 3.61. The third-order valence-corrected chi connectivity index (χ3v) is 3.36. The monoisotopic (exact) mass is 226 g/mol. The van der Waals surface area contributed by atoms with Gasteiger partial charge in [-0.3, -0.25) is 0 Å². The van der Waals surface area contributed by atoms with Crippen LogP contribution in [-0.4, -0.2) is 4.98 Å². The lowest BCUT2D eigenvalue weighted by Gasteiger charge is -2.02. The first-order valence-corrected chi connectivity index (χ1v) is 5.90. The zero-order valence-electron chi connectivity index (χ0n) is 8.55. The Labute approximate surface area is 97.4 Å². The standard InChI is InChI=1S/C13H10N2S/c14-11-3-1-2-9(6-11)10-4-5-13-12(7-10)15-8-16-13/h1-8H,14H2. The Balaban J connectivity index is 2.18. The van der Waals surface area contributed by atoms with E-state index in [9.17, 15) is 0 Å². The molecule has 3 rings (SSSR count). The van der Waals surface area contributed by atoms with Crippen molar-refractivity contribution in [3.05, 3.63) is 48.0 Å². The third kappa shape index (κ3) is 1.55. The van der Waals surface area contributed by atoms with Crippen LogP contribution in [0, 0.1) is 0 Å². The molecule has 0 bridgehead atoms. The van der Waals surface area contributed by atoms with Gasteiger partial charge < -0.3 is 5.73 Å². The maximum Gasteiger partial charge on any atom is 0.0818 e. The maximum absolute atomic E-state index is 5.78. The molecule has 2 N–H and O–H groups in total. The van der Waals surface area contributed by atoms with Gasteiger partial charge in [0.1, 0.15) is 0 Å². The largest absolute Gasteiger partial charge is 0.399 e. The number of nitrogens with two attached hydrogens (primary N) is 1. The quantitative estimate of drug-likeness (QED) is 0.644. The molecule has 0 saturated carbocycles. The highest BCUT2D eigenvalue weighted by atomic mass is 32.1. The number of aromatic nitrogens is 1. The molecule has 1 aromatic heterocycles. The van der Waals surface area contributed by atoms with Crippen molar-refractivity contribution in [2.45, 2.75) is 0 Å². The van der Waals surface area contributed by atoms with Crippen LogP contribution in [0.4, 0.5) is 5.69 Å². The maximum atomic E-state index is 5.78. The van der Waals surface area contributed by atoms with Crippen molar-refractivity contribution in [1.82, 2.24) is 4.98 Å². The number of fused-ring (bicyclic) bond motifs is 1. The Kier molecular flexibility index (Phi) is 2.11. The molecule has 0 saturated heterocycles. The number of benzene rings is 2. The Morgan fingerprint density at radius 2 is 1.88 bits per heavy atom. The minimum absolute atomic E-state index is 0.788. The molecule has 0 fully saturated rings. The molecule has 0 aliphatic rings. The average Bonchev–Trinajstić information content (AvgIpc) is 2.75. The second-order valence-electron chi connectivity index (χ2n) is 3.66. The summed E-state index contributed by atoms with van der Waals surface area (Å²) in [7, 11) is 0. The SMILES string of the molecule is Nc1cccc(-c2ccc3scnc3c2)c1. The molecule has 0 amide bonds. The van der Waals surface area contributed by atoms with Gasteiger partial charge in [0.15, 0.2) is 0 Å². The predicted molar refractivity (Wildman–Crippen MR) is 69.5 cm³/mol. The zero-order valence-corrected chi connectivity index (χ0v) is 9.37. The molecule has 1 heterocycles. The van der Waals surface area contributed by atoms with Gasteiger partial charge in [0, 0.05) is 5.69 Å². The Morgan fingerprint density at radius 3 is 2.75 bits per heavy atom. The molecule has 0 aliphatic carbocycles.